The molecule has 3 saturated heterocycles. The molecule has 13 heteroatoms. The first-order valence-electron chi connectivity index (χ1n) is 24.0. The van der Waals surface area contributed by atoms with Crippen LogP contribution < -0.4 is 19.4 Å². The highest BCUT2D eigenvalue weighted by Gasteiger charge is 2.23. The lowest BCUT2D eigenvalue weighted by molar-refractivity contribution is 0.121. The van der Waals surface area contributed by atoms with E-state index in [1.165, 1.54) is 11.3 Å². The summed E-state index contributed by atoms with van der Waals surface area (Å²) in [5.74, 6) is 0.819. The molecular formula is C56H59F2N9O2. The van der Waals surface area contributed by atoms with Gasteiger partial charge in [-0.3, -0.25) is 0 Å². The van der Waals surface area contributed by atoms with Gasteiger partial charge in [-0.05, 0) is 75.4 Å². The van der Waals surface area contributed by atoms with Gasteiger partial charge in [-0.1, -0.05) is 66.2 Å². The second-order valence-corrected chi connectivity index (χ2v) is 18.2. The van der Waals surface area contributed by atoms with E-state index in [2.05, 4.69) is 117 Å². The predicted octanol–water partition coefficient (Wildman–Crippen LogP) is 11.4. The number of rotatable bonds is 8. The molecule has 3 aromatic carbocycles. The lowest BCUT2D eigenvalue weighted by atomic mass is 10.1. The van der Waals surface area contributed by atoms with E-state index in [-0.39, 0.29) is 0 Å². The lowest BCUT2D eigenvalue weighted by Gasteiger charge is -2.30. The average molecular weight is 928 g/mol. The molecule has 0 amide bonds. The van der Waals surface area contributed by atoms with Crippen molar-refractivity contribution >= 4 is 34.0 Å². The second-order valence-electron chi connectivity index (χ2n) is 18.2. The lowest BCUT2D eigenvalue weighted by Crippen LogP contribution is -2.34. The van der Waals surface area contributed by atoms with Gasteiger partial charge in [0.2, 0.25) is 0 Å². The van der Waals surface area contributed by atoms with E-state index in [1.807, 2.05) is 69.9 Å². The van der Waals surface area contributed by atoms with E-state index in [9.17, 15) is 8.78 Å². The number of aryl methyl sites for hydroxylation is 1. The summed E-state index contributed by atoms with van der Waals surface area (Å²) < 4.78 is 43.5. The Labute approximate surface area is 402 Å². The summed E-state index contributed by atoms with van der Waals surface area (Å²) in [4.78, 5) is 21.1. The Morgan fingerprint density at radius 3 is 1.41 bits per heavy atom. The molecule has 0 unspecified atom stereocenters. The molecule has 3 aliphatic heterocycles. The number of halogens is 2. The van der Waals surface area contributed by atoms with Crippen LogP contribution in [0.4, 0.5) is 25.8 Å². The van der Waals surface area contributed by atoms with Crippen LogP contribution in [0.25, 0.3) is 50.7 Å². The maximum Gasteiger partial charge on any atom is 0.139 e. The van der Waals surface area contributed by atoms with Crippen LogP contribution in [0, 0.1) is 6.92 Å². The van der Waals surface area contributed by atoms with E-state index in [4.69, 9.17) is 24.4 Å². The zero-order valence-electron chi connectivity index (χ0n) is 39.5. The van der Waals surface area contributed by atoms with Crippen LogP contribution >= 0.6 is 0 Å². The summed E-state index contributed by atoms with van der Waals surface area (Å²) in [6.45, 7) is 7.18. The fourth-order valence-corrected chi connectivity index (χ4v) is 9.48. The molecular weight excluding hydrogens is 869 g/mol. The first-order chi connectivity index (χ1) is 33.7. The Morgan fingerprint density at radius 2 is 0.928 bits per heavy atom. The highest BCUT2D eigenvalue weighted by Crippen LogP contribution is 2.29. The molecule has 9 aromatic rings. The normalized spacial score (nSPS) is 16.7. The number of ether oxygens (including phenoxy) is 2. The molecule has 9 heterocycles. The Morgan fingerprint density at radius 1 is 0.478 bits per heavy atom. The number of alkyl halides is 2. The van der Waals surface area contributed by atoms with Gasteiger partial charge in [-0.25, -0.2) is 23.7 Å². The maximum absolute atomic E-state index is 13.3. The Hall–Kier alpha value is -7.25. The van der Waals surface area contributed by atoms with Crippen molar-refractivity contribution in [2.24, 2.45) is 0 Å². The number of pyridine rings is 3. The Balaban J connectivity index is 0.000000120. The van der Waals surface area contributed by atoms with E-state index in [0.717, 1.165) is 114 Å². The summed E-state index contributed by atoms with van der Waals surface area (Å²) in [6.07, 6.45) is 14.9. The number of fused-ring (bicyclic) bond motifs is 3. The molecule has 3 aliphatic rings. The van der Waals surface area contributed by atoms with Gasteiger partial charge in [0.05, 0.1) is 30.3 Å². The standard InChI is InChI=1S/C19H20FN3O.C19H20FN3.C18H19N3O/c1-24-17-4-2-3-14(11-17)18-13-23-10-7-16(12-19(23)21-18)22-8-5-15(20)6-9-22;1-14-3-2-4-15(11-14)18-13-23-10-7-17(12-19(23)21-18)22-8-5-16(20)6-9-22;1-22-16-8-10-20(12-16)15-7-9-21-13-17(19-18(21)11-15)14-5-3-2-4-6-14/h2-4,7,10-13,15H,5-6,8-9H2,1H3;2-4,7,10-13,16H,5-6,8-9H2,1H3;2-7,9,11,13,16H,8,10,12H2,1H3/t;;16-/m..0/s1. The van der Waals surface area contributed by atoms with Crippen LogP contribution in [0.15, 0.2) is 152 Å². The van der Waals surface area contributed by atoms with Crippen molar-refractivity contribution < 1.29 is 18.3 Å². The summed E-state index contributed by atoms with van der Waals surface area (Å²) in [5.41, 5.74) is 13.7. The molecule has 1 atom stereocenters. The fraction of sp³-hybridized carbons (Fsp3) is 0.304. The number of imidazole rings is 3. The number of hydrogen-bond donors (Lipinski definition) is 0. The summed E-state index contributed by atoms with van der Waals surface area (Å²) >= 11 is 0. The predicted molar refractivity (Wildman–Crippen MR) is 273 cm³/mol. The quantitative estimate of drug-likeness (QED) is 0.149. The van der Waals surface area contributed by atoms with Crippen LogP contribution in [0.5, 0.6) is 5.75 Å². The third kappa shape index (κ3) is 10.6. The molecule has 3 fully saturated rings. The third-order valence-electron chi connectivity index (χ3n) is 13.5. The number of aromatic nitrogens is 6. The van der Waals surface area contributed by atoms with Crippen molar-refractivity contribution in [2.45, 2.75) is 57.5 Å². The smallest absolute Gasteiger partial charge is 0.139 e. The van der Waals surface area contributed by atoms with Crippen LogP contribution in [0.1, 0.15) is 37.7 Å². The van der Waals surface area contributed by atoms with Gasteiger partial charge in [0.25, 0.3) is 0 Å². The third-order valence-corrected chi connectivity index (χ3v) is 13.5. The Kier molecular flexibility index (Phi) is 13.6. The van der Waals surface area contributed by atoms with Crippen molar-refractivity contribution in [3.8, 4) is 39.5 Å². The second kappa shape index (κ2) is 20.5. The zero-order valence-corrected chi connectivity index (χ0v) is 39.5. The van der Waals surface area contributed by atoms with Crippen molar-refractivity contribution in [3.63, 3.8) is 0 Å². The number of nitrogens with zero attached hydrogens (tertiary/aromatic N) is 9. The highest BCUT2D eigenvalue weighted by atomic mass is 19.1. The number of anilines is 3. The number of hydrogen-bond acceptors (Lipinski definition) is 8. The molecule has 6 aromatic heterocycles. The van der Waals surface area contributed by atoms with E-state index in [1.54, 1.807) is 14.2 Å². The number of benzene rings is 3. The molecule has 354 valence electrons. The van der Waals surface area contributed by atoms with Crippen LogP contribution in [0.3, 0.4) is 0 Å². The van der Waals surface area contributed by atoms with Gasteiger partial charge in [0, 0.05) is 136 Å². The minimum atomic E-state index is -0.656. The van der Waals surface area contributed by atoms with Crippen molar-refractivity contribution in [2.75, 3.05) is 68.2 Å². The minimum absolute atomic E-state index is 0.343. The molecule has 0 N–H and O–H groups in total. The van der Waals surface area contributed by atoms with Crippen molar-refractivity contribution in [1.82, 2.24) is 28.2 Å². The highest BCUT2D eigenvalue weighted by molar-refractivity contribution is 5.69. The molecule has 11 nitrogen and oxygen atoms in total. The number of methoxy groups -OCH3 is 2. The fourth-order valence-electron chi connectivity index (χ4n) is 9.48. The minimum Gasteiger partial charge on any atom is -0.497 e. The first-order valence-corrected chi connectivity index (χ1v) is 24.0. The van der Waals surface area contributed by atoms with Crippen LogP contribution in [0.2, 0.25) is 0 Å². The summed E-state index contributed by atoms with van der Waals surface area (Å²) in [5, 5.41) is 0. The van der Waals surface area contributed by atoms with Gasteiger partial charge < -0.3 is 37.4 Å². The molecule has 0 radical (unpaired) electrons. The zero-order chi connectivity index (χ0) is 47.3. The molecule has 0 bridgehead atoms. The van der Waals surface area contributed by atoms with Gasteiger partial charge >= 0.3 is 0 Å². The molecule has 0 aliphatic carbocycles. The summed E-state index contributed by atoms with van der Waals surface area (Å²) in [6, 6.07) is 39.2. The Bertz CT molecular complexity index is 3130. The van der Waals surface area contributed by atoms with Crippen LogP contribution in [-0.2, 0) is 4.74 Å². The monoisotopic (exact) mass is 927 g/mol. The van der Waals surface area contributed by atoms with E-state index in [0.29, 0.717) is 31.8 Å². The van der Waals surface area contributed by atoms with Crippen LogP contribution in [-0.4, -0.2) is 100 Å². The van der Waals surface area contributed by atoms with Gasteiger partial charge in [-0.15, -0.1) is 0 Å². The molecule has 12 rings (SSSR count). The largest absolute Gasteiger partial charge is 0.497 e. The SMILES string of the molecule is CO[C@H]1CCN(c2ccn3cc(-c4ccccc4)nc3c2)C1.COc1cccc(-c2cn3ccc(N4CCC(F)CC4)cc3n2)c1.Cc1cccc(-c2cn3ccc(N4CCC(F)CC4)cc3n2)c1. The number of piperidine rings is 2. The van der Waals surface area contributed by atoms with Crippen molar-refractivity contribution in [3.05, 3.63) is 158 Å². The maximum atomic E-state index is 13.3. The van der Waals surface area contributed by atoms with E-state index >= 15 is 0 Å². The topological polar surface area (TPSA) is 80.1 Å². The first kappa shape index (κ1) is 45.5. The van der Waals surface area contributed by atoms with Crippen molar-refractivity contribution in [1.29, 1.82) is 0 Å². The van der Waals surface area contributed by atoms with Gasteiger partial charge in [0.1, 0.15) is 35.0 Å². The summed E-state index contributed by atoms with van der Waals surface area (Å²) in [7, 11) is 3.45. The molecule has 0 spiro atoms. The van der Waals surface area contributed by atoms with Gasteiger partial charge in [0.15, 0.2) is 0 Å². The molecule has 0 saturated carbocycles. The molecule has 69 heavy (non-hydrogen) atoms. The van der Waals surface area contributed by atoms with Gasteiger partial charge in [-0.2, -0.15) is 0 Å². The van der Waals surface area contributed by atoms with E-state index < -0.39 is 12.3 Å². The average Bonchev–Trinajstić information content (AvgIpc) is 4.23.